The van der Waals surface area contributed by atoms with Crippen LogP contribution in [0.2, 0.25) is 0 Å². The van der Waals surface area contributed by atoms with Gasteiger partial charge in [0.05, 0.1) is 37.9 Å². The summed E-state index contributed by atoms with van der Waals surface area (Å²) in [6.07, 6.45) is 1.52. The highest BCUT2D eigenvalue weighted by Gasteiger charge is 2.17. The van der Waals surface area contributed by atoms with Gasteiger partial charge >= 0.3 is 0 Å². The number of fused-ring (bicyclic) bond motifs is 1. The number of hydrogen-bond acceptors (Lipinski definition) is 5. The number of methoxy groups -OCH3 is 3. The molecule has 0 saturated heterocycles. The second-order valence-electron chi connectivity index (χ2n) is 5.89. The maximum absolute atomic E-state index is 12.9. The van der Waals surface area contributed by atoms with E-state index in [1.54, 1.807) is 55.1 Å². The summed E-state index contributed by atoms with van der Waals surface area (Å²) >= 11 is 0. The fraction of sp³-hybridized carbons (Fsp3) is 0.200. The molecule has 7 heteroatoms. The Balaban J connectivity index is 2.04. The summed E-state index contributed by atoms with van der Waals surface area (Å²) in [5.41, 5.74) is 0.804. The molecule has 7 nitrogen and oxygen atoms in total. The van der Waals surface area contributed by atoms with Crippen LogP contribution in [0.15, 0.2) is 47.4 Å². The van der Waals surface area contributed by atoms with E-state index in [1.807, 2.05) is 0 Å². The number of ether oxygens (including phenoxy) is 3. The van der Waals surface area contributed by atoms with Gasteiger partial charge in [0.2, 0.25) is 5.43 Å². The maximum atomic E-state index is 12.9. The molecule has 27 heavy (non-hydrogen) atoms. The van der Waals surface area contributed by atoms with E-state index >= 15 is 0 Å². The molecule has 3 rings (SSSR count). The first-order valence-electron chi connectivity index (χ1n) is 8.19. The number of rotatable bonds is 5. The molecule has 0 radical (unpaired) electrons. The first kappa shape index (κ1) is 18.3. The number of benzene rings is 2. The van der Waals surface area contributed by atoms with Gasteiger partial charge in [-0.2, -0.15) is 0 Å². The second-order valence-corrected chi connectivity index (χ2v) is 5.89. The average molecular weight is 368 g/mol. The van der Waals surface area contributed by atoms with Gasteiger partial charge in [-0.05, 0) is 30.3 Å². The zero-order valence-electron chi connectivity index (χ0n) is 15.5. The fourth-order valence-corrected chi connectivity index (χ4v) is 2.85. The minimum Gasteiger partial charge on any atom is -0.497 e. The van der Waals surface area contributed by atoms with E-state index in [0.29, 0.717) is 33.8 Å². The van der Waals surface area contributed by atoms with Crippen molar-refractivity contribution in [2.24, 2.45) is 7.05 Å². The van der Waals surface area contributed by atoms with E-state index in [4.69, 9.17) is 14.2 Å². The highest BCUT2D eigenvalue weighted by Crippen LogP contribution is 2.29. The van der Waals surface area contributed by atoms with Gasteiger partial charge in [0.1, 0.15) is 22.8 Å². The molecule has 0 aliphatic rings. The van der Waals surface area contributed by atoms with Crippen molar-refractivity contribution in [1.82, 2.24) is 4.57 Å². The number of aryl methyl sites for hydroxylation is 1. The molecule has 1 aromatic heterocycles. The molecule has 0 aliphatic heterocycles. The molecular weight excluding hydrogens is 348 g/mol. The van der Waals surface area contributed by atoms with Crippen LogP contribution >= 0.6 is 0 Å². The molecule has 0 saturated carbocycles. The molecule has 1 heterocycles. The number of hydrogen-bond donors (Lipinski definition) is 1. The van der Waals surface area contributed by atoms with Crippen LogP contribution in [0.4, 0.5) is 5.69 Å². The smallest absolute Gasteiger partial charge is 0.261 e. The Kier molecular flexibility index (Phi) is 5.03. The van der Waals surface area contributed by atoms with Crippen LogP contribution in [0.1, 0.15) is 10.4 Å². The Morgan fingerprint density at radius 2 is 1.63 bits per heavy atom. The third kappa shape index (κ3) is 3.44. The van der Waals surface area contributed by atoms with Crippen molar-refractivity contribution < 1.29 is 19.0 Å². The first-order valence-corrected chi connectivity index (χ1v) is 8.19. The van der Waals surface area contributed by atoms with Crippen molar-refractivity contribution in [3.63, 3.8) is 0 Å². The van der Waals surface area contributed by atoms with E-state index in [9.17, 15) is 9.59 Å². The quantitative estimate of drug-likeness (QED) is 0.749. The van der Waals surface area contributed by atoms with Gasteiger partial charge in [-0.3, -0.25) is 9.59 Å². The van der Waals surface area contributed by atoms with E-state index in [-0.39, 0.29) is 11.0 Å². The number of nitrogens with one attached hydrogen (secondary N) is 1. The number of nitrogens with zero attached hydrogens (tertiary/aromatic N) is 1. The Hall–Kier alpha value is -3.48. The van der Waals surface area contributed by atoms with E-state index in [1.165, 1.54) is 20.4 Å². The number of aromatic nitrogens is 1. The van der Waals surface area contributed by atoms with Crippen LogP contribution in [0.3, 0.4) is 0 Å². The van der Waals surface area contributed by atoms with Crippen LogP contribution in [-0.2, 0) is 7.05 Å². The van der Waals surface area contributed by atoms with Crippen LogP contribution in [0.5, 0.6) is 17.2 Å². The molecule has 0 aliphatic carbocycles. The van der Waals surface area contributed by atoms with Crippen LogP contribution < -0.4 is 25.0 Å². The number of pyridine rings is 1. The van der Waals surface area contributed by atoms with Crippen molar-refractivity contribution in [2.75, 3.05) is 26.6 Å². The Morgan fingerprint density at radius 1 is 0.963 bits per heavy atom. The lowest BCUT2D eigenvalue weighted by atomic mass is 10.1. The summed E-state index contributed by atoms with van der Waals surface area (Å²) in [6, 6.07) is 10.2. The van der Waals surface area contributed by atoms with E-state index in [2.05, 4.69) is 5.32 Å². The molecule has 2 aromatic carbocycles. The Labute approximate surface area is 156 Å². The molecule has 1 amide bonds. The summed E-state index contributed by atoms with van der Waals surface area (Å²) < 4.78 is 17.4. The van der Waals surface area contributed by atoms with Crippen molar-refractivity contribution in [3.8, 4) is 17.2 Å². The minimum atomic E-state index is -0.524. The number of carbonyl (C=O) groups excluding carboxylic acids is 1. The van der Waals surface area contributed by atoms with Crippen LogP contribution in [0.25, 0.3) is 10.9 Å². The molecule has 0 atom stereocenters. The van der Waals surface area contributed by atoms with Crippen molar-refractivity contribution >= 4 is 22.5 Å². The average Bonchev–Trinajstić information content (AvgIpc) is 2.70. The third-order valence-electron chi connectivity index (χ3n) is 4.30. The Morgan fingerprint density at radius 3 is 2.30 bits per heavy atom. The largest absolute Gasteiger partial charge is 0.497 e. The lowest BCUT2D eigenvalue weighted by molar-refractivity contribution is 0.102. The molecule has 0 spiro atoms. The lowest BCUT2D eigenvalue weighted by Crippen LogP contribution is -2.23. The van der Waals surface area contributed by atoms with Gasteiger partial charge in [-0.25, -0.2) is 0 Å². The molecule has 0 bridgehead atoms. The van der Waals surface area contributed by atoms with Gasteiger partial charge in [0.15, 0.2) is 0 Å². The highest BCUT2D eigenvalue weighted by atomic mass is 16.5. The molecule has 0 unspecified atom stereocenters. The SMILES string of the molecule is COc1ccc(NC(=O)c2cn(C)c3ccc(OC)cc3c2=O)c(OC)c1. The van der Waals surface area contributed by atoms with Crippen molar-refractivity contribution in [2.45, 2.75) is 0 Å². The number of carbonyl (C=O) groups is 1. The maximum Gasteiger partial charge on any atom is 0.261 e. The van der Waals surface area contributed by atoms with Gasteiger partial charge in [-0.1, -0.05) is 0 Å². The molecule has 3 aromatic rings. The zero-order valence-corrected chi connectivity index (χ0v) is 15.5. The van der Waals surface area contributed by atoms with Crippen LogP contribution in [0, 0.1) is 0 Å². The predicted molar refractivity (Wildman–Crippen MR) is 103 cm³/mol. The summed E-state index contributed by atoms with van der Waals surface area (Å²) in [5, 5.41) is 3.13. The topological polar surface area (TPSA) is 78.8 Å². The summed E-state index contributed by atoms with van der Waals surface area (Å²) in [5.74, 6) is 1.05. The monoisotopic (exact) mass is 368 g/mol. The van der Waals surface area contributed by atoms with E-state index in [0.717, 1.165) is 0 Å². The highest BCUT2D eigenvalue weighted by molar-refractivity contribution is 6.06. The Bertz CT molecular complexity index is 1070. The third-order valence-corrected chi connectivity index (χ3v) is 4.30. The molecule has 140 valence electrons. The van der Waals surface area contributed by atoms with Gasteiger partial charge in [0.25, 0.3) is 5.91 Å². The predicted octanol–water partition coefficient (Wildman–Crippen LogP) is 2.82. The van der Waals surface area contributed by atoms with Gasteiger partial charge in [-0.15, -0.1) is 0 Å². The summed E-state index contributed by atoms with van der Waals surface area (Å²) in [6.45, 7) is 0. The van der Waals surface area contributed by atoms with Crippen molar-refractivity contribution in [1.29, 1.82) is 0 Å². The van der Waals surface area contributed by atoms with Crippen molar-refractivity contribution in [3.05, 3.63) is 58.4 Å². The molecule has 1 N–H and O–H groups in total. The molecule has 0 fully saturated rings. The first-order chi connectivity index (χ1) is 13.0. The second kappa shape index (κ2) is 7.41. The van der Waals surface area contributed by atoms with E-state index < -0.39 is 5.91 Å². The zero-order chi connectivity index (χ0) is 19.6. The van der Waals surface area contributed by atoms with Crippen LogP contribution in [-0.4, -0.2) is 31.8 Å². The summed E-state index contributed by atoms with van der Waals surface area (Å²) in [7, 11) is 6.34. The van der Waals surface area contributed by atoms with Gasteiger partial charge in [0, 0.05) is 19.3 Å². The number of anilines is 1. The lowest BCUT2D eigenvalue weighted by Gasteiger charge is -2.13. The summed E-state index contributed by atoms with van der Waals surface area (Å²) in [4.78, 5) is 25.6. The minimum absolute atomic E-state index is 0.0242. The number of amides is 1. The van der Waals surface area contributed by atoms with Gasteiger partial charge < -0.3 is 24.1 Å². The normalized spacial score (nSPS) is 10.5. The fourth-order valence-electron chi connectivity index (χ4n) is 2.85. The molecular formula is C20H20N2O5. The standard InChI is InChI=1S/C20H20N2O5/c1-22-11-15(19(23)14-9-12(25-2)6-8-17(14)22)20(24)21-16-7-5-13(26-3)10-18(16)27-4/h5-11H,1-4H3,(H,21,24).